The van der Waals surface area contributed by atoms with Crippen LogP contribution < -0.4 is 9.47 Å². The van der Waals surface area contributed by atoms with E-state index in [9.17, 15) is 14.4 Å². The Balaban J connectivity index is 0.000000145. The van der Waals surface area contributed by atoms with Gasteiger partial charge in [-0.05, 0) is 29.8 Å². The molecule has 4 aromatic carbocycles. The van der Waals surface area contributed by atoms with Gasteiger partial charge in [-0.15, -0.1) is 0 Å². The van der Waals surface area contributed by atoms with Crippen molar-refractivity contribution in [2.75, 3.05) is 0 Å². The largest absolute Gasteiger partial charge is 0.484 e. The third-order valence-corrected chi connectivity index (χ3v) is 5.94. The van der Waals surface area contributed by atoms with Gasteiger partial charge in [-0.2, -0.15) is 0 Å². The van der Waals surface area contributed by atoms with Crippen LogP contribution in [0, 0.1) is 0 Å². The molecule has 172 valence electrons. The van der Waals surface area contributed by atoms with Crippen molar-refractivity contribution in [3.05, 3.63) is 131 Å². The van der Waals surface area contributed by atoms with Gasteiger partial charge in [0.25, 0.3) is 0 Å². The Bertz CT molecular complexity index is 1380. The van der Waals surface area contributed by atoms with Crippen LogP contribution in [0.3, 0.4) is 0 Å². The molecule has 2 atom stereocenters. The normalized spacial score (nSPS) is 18.2. The molecule has 0 spiro atoms. The zero-order valence-corrected chi connectivity index (χ0v) is 18.8. The van der Waals surface area contributed by atoms with Gasteiger partial charge in [0.15, 0.2) is 11.9 Å². The molecule has 0 fully saturated rings. The van der Waals surface area contributed by atoms with Crippen molar-refractivity contribution >= 4 is 17.3 Å². The zero-order valence-electron chi connectivity index (χ0n) is 18.8. The first kappa shape index (κ1) is 22.3. The molecule has 0 N–H and O–H groups in total. The lowest BCUT2D eigenvalue weighted by molar-refractivity contribution is -0.122. The molecule has 0 amide bonds. The number of hydrogen-bond donors (Lipinski definition) is 0. The van der Waals surface area contributed by atoms with Crippen LogP contribution in [0.4, 0.5) is 0 Å². The molecule has 6 rings (SSSR count). The molecule has 2 heterocycles. The van der Waals surface area contributed by atoms with E-state index in [1.54, 1.807) is 36.4 Å². The van der Waals surface area contributed by atoms with E-state index >= 15 is 0 Å². The van der Waals surface area contributed by atoms with Crippen molar-refractivity contribution < 1.29 is 23.9 Å². The summed E-state index contributed by atoms with van der Waals surface area (Å²) in [6.07, 6.45) is -0.562. The lowest BCUT2D eigenvalue weighted by Crippen LogP contribution is -2.31. The monoisotopic (exact) mass is 462 g/mol. The lowest BCUT2D eigenvalue weighted by atomic mass is 9.95. The van der Waals surface area contributed by atoms with Gasteiger partial charge in [-0.3, -0.25) is 14.4 Å². The van der Waals surface area contributed by atoms with Crippen molar-refractivity contribution in [2.45, 2.75) is 18.6 Å². The summed E-state index contributed by atoms with van der Waals surface area (Å²) in [7, 11) is 0. The SMILES string of the molecule is O=C1C(=O)C(c2ccccc2)Oc2ccccc21.O=C1CC(c2ccccc2)Oc2ccccc21. The quantitative estimate of drug-likeness (QED) is 0.344. The van der Waals surface area contributed by atoms with Gasteiger partial charge in [-0.1, -0.05) is 84.9 Å². The number of ketones is 3. The van der Waals surface area contributed by atoms with Crippen molar-refractivity contribution in [1.29, 1.82) is 0 Å². The molecule has 5 heteroatoms. The zero-order chi connectivity index (χ0) is 24.2. The van der Waals surface area contributed by atoms with Gasteiger partial charge >= 0.3 is 0 Å². The molecule has 0 aliphatic carbocycles. The predicted octanol–water partition coefficient (Wildman–Crippen LogP) is 5.97. The Hall–Kier alpha value is -4.51. The van der Waals surface area contributed by atoms with Crippen molar-refractivity contribution in [1.82, 2.24) is 0 Å². The highest BCUT2D eigenvalue weighted by Crippen LogP contribution is 2.34. The molecule has 0 bridgehead atoms. The second-order valence-corrected chi connectivity index (χ2v) is 8.24. The smallest absolute Gasteiger partial charge is 0.248 e. The summed E-state index contributed by atoms with van der Waals surface area (Å²) < 4.78 is 11.5. The second-order valence-electron chi connectivity index (χ2n) is 8.24. The van der Waals surface area contributed by atoms with E-state index < -0.39 is 17.7 Å². The molecular formula is C30H22O5. The average Bonchev–Trinajstić information content (AvgIpc) is 2.92. The molecule has 4 aromatic rings. The van der Waals surface area contributed by atoms with Crippen molar-refractivity contribution in [2.24, 2.45) is 0 Å². The summed E-state index contributed by atoms with van der Waals surface area (Å²) in [5.41, 5.74) is 2.79. The van der Waals surface area contributed by atoms with E-state index in [4.69, 9.17) is 9.47 Å². The number of carbonyl (C=O) groups excluding carboxylic acids is 3. The minimum atomic E-state index is -0.825. The van der Waals surface area contributed by atoms with E-state index in [2.05, 4.69) is 0 Å². The van der Waals surface area contributed by atoms with Crippen LogP contribution in [0.2, 0.25) is 0 Å². The Kier molecular flexibility index (Phi) is 6.22. The maximum atomic E-state index is 12.0. The van der Waals surface area contributed by atoms with Crippen LogP contribution in [-0.2, 0) is 4.79 Å². The maximum absolute atomic E-state index is 12.0. The number of Topliss-reactive ketones (excluding diaryl/α,β-unsaturated/α-hetero) is 3. The Labute approximate surface area is 202 Å². The number of para-hydroxylation sites is 2. The van der Waals surface area contributed by atoms with E-state index in [-0.39, 0.29) is 11.9 Å². The minimum absolute atomic E-state index is 0.153. The van der Waals surface area contributed by atoms with E-state index in [0.29, 0.717) is 34.6 Å². The topological polar surface area (TPSA) is 69.7 Å². The third-order valence-electron chi connectivity index (χ3n) is 5.94. The Morgan fingerprint density at radius 2 is 1.06 bits per heavy atom. The first-order chi connectivity index (χ1) is 17.1. The van der Waals surface area contributed by atoms with Gasteiger partial charge in [0.05, 0.1) is 17.5 Å². The molecule has 2 aliphatic heterocycles. The summed E-state index contributed by atoms with van der Waals surface area (Å²) in [5.74, 6) is 0.319. The molecule has 2 unspecified atom stereocenters. The Morgan fingerprint density at radius 3 is 1.71 bits per heavy atom. The van der Waals surface area contributed by atoms with E-state index in [0.717, 1.165) is 5.56 Å². The predicted molar refractivity (Wildman–Crippen MR) is 131 cm³/mol. The second kappa shape index (κ2) is 9.77. The minimum Gasteiger partial charge on any atom is -0.484 e. The first-order valence-corrected chi connectivity index (χ1v) is 11.3. The summed E-state index contributed by atoms with van der Waals surface area (Å²) in [5, 5.41) is 0. The summed E-state index contributed by atoms with van der Waals surface area (Å²) in [4.78, 5) is 36.0. The van der Waals surface area contributed by atoms with Crippen molar-refractivity contribution in [3.8, 4) is 11.5 Å². The number of benzene rings is 4. The standard InChI is InChI=1S/C15H10O3.C15H12O2/c16-13-11-8-4-5-9-12(11)18-15(14(13)17)10-6-2-1-3-7-10;16-13-10-15(11-6-2-1-3-7-11)17-14-9-5-4-8-12(13)14/h1-9,15H;1-9,15H,10H2. The van der Waals surface area contributed by atoms with Gasteiger partial charge in [0.2, 0.25) is 11.6 Å². The number of ether oxygens (including phenoxy) is 2. The highest BCUT2D eigenvalue weighted by Gasteiger charge is 2.36. The van der Waals surface area contributed by atoms with Crippen LogP contribution in [-0.4, -0.2) is 17.3 Å². The van der Waals surface area contributed by atoms with Crippen LogP contribution in [0.15, 0.2) is 109 Å². The summed E-state index contributed by atoms with van der Waals surface area (Å²) >= 11 is 0. The van der Waals surface area contributed by atoms with Gasteiger partial charge in [-0.25, -0.2) is 0 Å². The lowest BCUT2D eigenvalue weighted by Gasteiger charge is -2.25. The van der Waals surface area contributed by atoms with Crippen LogP contribution in [0.1, 0.15) is 50.5 Å². The molecule has 2 aliphatic rings. The van der Waals surface area contributed by atoms with Gasteiger partial charge < -0.3 is 9.47 Å². The highest BCUT2D eigenvalue weighted by atomic mass is 16.5. The van der Waals surface area contributed by atoms with Crippen LogP contribution >= 0.6 is 0 Å². The van der Waals surface area contributed by atoms with E-state index in [1.165, 1.54) is 0 Å². The number of fused-ring (bicyclic) bond motifs is 2. The fraction of sp³-hybridized carbons (Fsp3) is 0.100. The molecule has 0 radical (unpaired) electrons. The average molecular weight is 463 g/mol. The van der Waals surface area contributed by atoms with Crippen LogP contribution in [0.25, 0.3) is 0 Å². The fourth-order valence-electron chi connectivity index (χ4n) is 4.16. The number of hydrogen-bond acceptors (Lipinski definition) is 5. The molecule has 0 saturated heterocycles. The third kappa shape index (κ3) is 4.62. The Morgan fingerprint density at radius 1 is 0.543 bits per heavy atom. The van der Waals surface area contributed by atoms with Crippen molar-refractivity contribution in [3.63, 3.8) is 0 Å². The summed E-state index contributed by atoms with van der Waals surface area (Å²) in [6, 6.07) is 33.2. The van der Waals surface area contributed by atoms with Crippen LogP contribution in [0.5, 0.6) is 11.5 Å². The van der Waals surface area contributed by atoms with Gasteiger partial charge in [0.1, 0.15) is 17.6 Å². The molecule has 0 saturated carbocycles. The first-order valence-electron chi connectivity index (χ1n) is 11.3. The molecule has 0 aromatic heterocycles. The molecule has 35 heavy (non-hydrogen) atoms. The van der Waals surface area contributed by atoms with Gasteiger partial charge in [0, 0.05) is 5.56 Å². The molecule has 5 nitrogen and oxygen atoms in total. The maximum Gasteiger partial charge on any atom is 0.248 e. The number of carbonyl (C=O) groups is 3. The summed E-state index contributed by atoms with van der Waals surface area (Å²) in [6.45, 7) is 0. The number of rotatable bonds is 2. The fourth-order valence-corrected chi connectivity index (χ4v) is 4.16. The molecular weight excluding hydrogens is 440 g/mol. The van der Waals surface area contributed by atoms with E-state index in [1.807, 2.05) is 72.8 Å². The highest BCUT2D eigenvalue weighted by molar-refractivity contribution is 6.46.